The van der Waals surface area contributed by atoms with Gasteiger partial charge in [-0.1, -0.05) is 77.6 Å². The molecule has 0 aliphatic rings. The first-order valence-corrected chi connectivity index (χ1v) is 11.0. The van der Waals surface area contributed by atoms with Gasteiger partial charge < -0.3 is 9.47 Å². The van der Waals surface area contributed by atoms with E-state index in [-0.39, 0.29) is 11.7 Å². The van der Waals surface area contributed by atoms with Gasteiger partial charge in [-0.05, 0) is 24.0 Å². The number of aromatic nitrogens is 2. The number of nitrogens with zero attached hydrogens (tertiary/aromatic N) is 2. The number of ether oxygens (including phenoxy) is 2. The fourth-order valence-corrected chi connectivity index (χ4v) is 3.11. The van der Waals surface area contributed by atoms with Crippen molar-refractivity contribution in [2.45, 2.75) is 85.5 Å². The summed E-state index contributed by atoms with van der Waals surface area (Å²) in [5.41, 5.74) is 1.93. The maximum absolute atomic E-state index is 12.5. The minimum absolute atomic E-state index is 0.222. The summed E-state index contributed by atoms with van der Waals surface area (Å²) in [6.45, 7) is 9.34. The van der Waals surface area contributed by atoms with Crippen molar-refractivity contribution < 1.29 is 9.47 Å². The topological polar surface area (TPSA) is 53.4 Å². The lowest BCUT2D eigenvalue weighted by Crippen LogP contribution is -2.27. The monoisotopic (exact) mass is 402 g/mol. The standard InChI is InChI=1S/C22H32N2O3.C2H6/c1-4-6-8-20(9-7-5-2)24-15-14-21(23-22(24)25)27-17-19-12-10-18(11-13-19)16-26-3;1-2/h10-15,20H,4-9,16-17H2,1-3H3;1-2H3. The molecule has 1 aromatic carbocycles. The van der Waals surface area contributed by atoms with E-state index < -0.39 is 0 Å². The number of rotatable bonds is 12. The summed E-state index contributed by atoms with van der Waals surface area (Å²) in [5.74, 6) is 0.377. The lowest BCUT2D eigenvalue weighted by atomic mass is 10.0. The average Bonchev–Trinajstić information content (AvgIpc) is 2.75. The molecule has 0 spiro atoms. The van der Waals surface area contributed by atoms with Gasteiger partial charge in [0.2, 0.25) is 5.88 Å². The molecule has 0 aliphatic carbocycles. The van der Waals surface area contributed by atoms with Gasteiger partial charge in [0.05, 0.1) is 6.61 Å². The first kappa shape index (κ1) is 24.9. The molecule has 5 nitrogen and oxygen atoms in total. The van der Waals surface area contributed by atoms with Crippen molar-refractivity contribution in [1.29, 1.82) is 0 Å². The fraction of sp³-hybridized carbons (Fsp3) is 0.583. The van der Waals surface area contributed by atoms with Crippen LogP contribution in [0, 0.1) is 0 Å². The molecule has 5 heteroatoms. The molecule has 0 fully saturated rings. The van der Waals surface area contributed by atoms with Gasteiger partial charge in [0.15, 0.2) is 0 Å². The highest BCUT2D eigenvalue weighted by molar-refractivity contribution is 5.22. The van der Waals surface area contributed by atoms with Gasteiger partial charge in [-0.25, -0.2) is 4.79 Å². The molecule has 0 saturated carbocycles. The van der Waals surface area contributed by atoms with Gasteiger partial charge in [0.25, 0.3) is 0 Å². The zero-order chi connectivity index (χ0) is 21.5. The molecule has 0 N–H and O–H groups in total. The second-order valence-corrected chi connectivity index (χ2v) is 6.93. The number of unbranched alkanes of at least 4 members (excludes halogenated alkanes) is 2. The predicted octanol–water partition coefficient (Wildman–Crippen LogP) is 5.92. The lowest BCUT2D eigenvalue weighted by molar-refractivity contribution is 0.185. The molecule has 2 aromatic rings. The van der Waals surface area contributed by atoms with Crippen LogP contribution in [0.25, 0.3) is 0 Å². The van der Waals surface area contributed by atoms with Gasteiger partial charge in [-0.15, -0.1) is 0 Å². The summed E-state index contributed by atoms with van der Waals surface area (Å²) < 4.78 is 12.6. The minimum atomic E-state index is -0.222. The first-order chi connectivity index (χ1) is 14.2. The molecule has 1 aromatic heterocycles. The van der Waals surface area contributed by atoms with Gasteiger partial charge in [0.1, 0.15) is 6.61 Å². The molecule has 162 valence electrons. The van der Waals surface area contributed by atoms with Gasteiger partial charge in [-0.3, -0.25) is 4.57 Å². The predicted molar refractivity (Wildman–Crippen MR) is 119 cm³/mol. The summed E-state index contributed by atoms with van der Waals surface area (Å²) in [5, 5.41) is 0. The number of benzene rings is 1. The van der Waals surface area contributed by atoms with Crippen LogP contribution in [0.3, 0.4) is 0 Å². The number of hydrogen-bond donors (Lipinski definition) is 0. The van der Waals surface area contributed by atoms with Crippen LogP contribution in [0.5, 0.6) is 5.88 Å². The smallest absolute Gasteiger partial charge is 0.351 e. The van der Waals surface area contributed by atoms with E-state index in [4.69, 9.17) is 9.47 Å². The van der Waals surface area contributed by atoms with Crippen LogP contribution < -0.4 is 10.4 Å². The molecule has 2 rings (SSSR count). The number of methoxy groups -OCH3 is 1. The summed E-state index contributed by atoms with van der Waals surface area (Å²) in [4.78, 5) is 16.6. The van der Waals surface area contributed by atoms with Crippen LogP contribution in [0.2, 0.25) is 0 Å². The highest BCUT2D eigenvalue weighted by Crippen LogP contribution is 2.21. The summed E-state index contributed by atoms with van der Waals surface area (Å²) in [6, 6.07) is 10.1. The van der Waals surface area contributed by atoms with Gasteiger partial charge >= 0.3 is 5.69 Å². The van der Waals surface area contributed by atoms with E-state index in [0.29, 0.717) is 19.1 Å². The zero-order valence-corrected chi connectivity index (χ0v) is 18.8. The van der Waals surface area contributed by atoms with E-state index >= 15 is 0 Å². The van der Waals surface area contributed by atoms with Gasteiger partial charge in [0, 0.05) is 25.4 Å². The fourth-order valence-electron chi connectivity index (χ4n) is 3.11. The van der Waals surface area contributed by atoms with E-state index in [9.17, 15) is 4.79 Å². The maximum Gasteiger partial charge on any atom is 0.351 e. The molecule has 0 unspecified atom stereocenters. The average molecular weight is 403 g/mol. The zero-order valence-electron chi connectivity index (χ0n) is 18.8. The summed E-state index contributed by atoms with van der Waals surface area (Å²) >= 11 is 0. The molecule has 29 heavy (non-hydrogen) atoms. The molecule has 0 atom stereocenters. The third-order valence-corrected chi connectivity index (χ3v) is 4.70. The van der Waals surface area contributed by atoms with Crippen molar-refractivity contribution in [1.82, 2.24) is 9.55 Å². The minimum Gasteiger partial charge on any atom is -0.473 e. The molecule has 1 heterocycles. The van der Waals surface area contributed by atoms with Crippen molar-refractivity contribution in [3.05, 3.63) is 58.1 Å². The normalized spacial score (nSPS) is 10.6. The van der Waals surface area contributed by atoms with Crippen molar-refractivity contribution in [3.8, 4) is 5.88 Å². The Labute approximate surface area is 176 Å². The second kappa shape index (κ2) is 14.8. The summed E-state index contributed by atoms with van der Waals surface area (Å²) in [6.07, 6.45) is 8.39. The van der Waals surface area contributed by atoms with Crippen molar-refractivity contribution in [2.75, 3.05) is 7.11 Å². The quantitative estimate of drug-likeness (QED) is 0.442. The number of hydrogen-bond acceptors (Lipinski definition) is 4. The Hall–Kier alpha value is -2.14. The SMILES string of the molecule is CC.CCCCC(CCCC)n1ccc(OCc2ccc(COC)cc2)nc1=O. The van der Waals surface area contributed by atoms with Gasteiger partial charge in [-0.2, -0.15) is 4.98 Å². The Bertz CT molecular complexity index is 718. The Kier molecular flexibility index (Phi) is 12.7. The van der Waals surface area contributed by atoms with E-state index in [1.165, 1.54) is 0 Å². The first-order valence-electron chi connectivity index (χ1n) is 11.0. The maximum atomic E-state index is 12.5. The van der Waals surface area contributed by atoms with Crippen LogP contribution in [0.15, 0.2) is 41.3 Å². The van der Waals surface area contributed by atoms with Crippen LogP contribution in [0.1, 0.15) is 83.4 Å². The Balaban J connectivity index is 0.00000204. The Morgan fingerprint density at radius 1 is 0.931 bits per heavy atom. The lowest BCUT2D eigenvalue weighted by Gasteiger charge is -2.19. The van der Waals surface area contributed by atoms with Crippen LogP contribution >= 0.6 is 0 Å². The summed E-state index contributed by atoms with van der Waals surface area (Å²) in [7, 11) is 1.68. The molecule has 0 aliphatic heterocycles. The highest BCUT2D eigenvalue weighted by Gasteiger charge is 2.13. The van der Waals surface area contributed by atoms with Crippen LogP contribution in [0.4, 0.5) is 0 Å². The van der Waals surface area contributed by atoms with E-state index in [2.05, 4.69) is 18.8 Å². The van der Waals surface area contributed by atoms with Crippen LogP contribution in [-0.4, -0.2) is 16.7 Å². The molecular formula is C24H38N2O3. The third-order valence-electron chi connectivity index (χ3n) is 4.70. The molecular weight excluding hydrogens is 364 g/mol. The Morgan fingerprint density at radius 3 is 1.97 bits per heavy atom. The molecule has 0 saturated heterocycles. The molecule has 0 bridgehead atoms. The van der Waals surface area contributed by atoms with Crippen LogP contribution in [-0.2, 0) is 18.0 Å². The van der Waals surface area contributed by atoms with Crippen molar-refractivity contribution in [3.63, 3.8) is 0 Å². The largest absolute Gasteiger partial charge is 0.473 e. The Morgan fingerprint density at radius 2 is 1.48 bits per heavy atom. The molecule has 0 amide bonds. The van der Waals surface area contributed by atoms with Crippen molar-refractivity contribution >= 4 is 0 Å². The third kappa shape index (κ3) is 8.82. The van der Waals surface area contributed by atoms with E-state index in [1.807, 2.05) is 44.3 Å². The second-order valence-electron chi connectivity index (χ2n) is 6.93. The van der Waals surface area contributed by atoms with Crippen molar-refractivity contribution in [2.24, 2.45) is 0 Å². The van der Waals surface area contributed by atoms with E-state index in [0.717, 1.165) is 49.7 Å². The molecule has 0 radical (unpaired) electrons. The van der Waals surface area contributed by atoms with E-state index in [1.54, 1.807) is 17.7 Å². The highest BCUT2D eigenvalue weighted by atomic mass is 16.5.